The molecule has 2 aliphatic heterocycles. The smallest absolute Gasteiger partial charge is 0.170 e. The molecule has 74 valence electrons. The minimum Gasteiger partial charge on any atom is -0.341 e. The zero-order valence-corrected chi connectivity index (χ0v) is 8.59. The highest BCUT2D eigenvalue weighted by Crippen LogP contribution is 2.46. The number of hydrogen-bond acceptors (Lipinski definition) is 3. The molecule has 3 nitrogen and oxygen atoms in total. The van der Waals surface area contributed by atoms with E-state index < -0.39 is 11.4 Å². The molecule has 0 aliphatic carbocycles. The average molecular weight is 184 g/mol. The molecule has 2 heterocycles. The Morgan fingerprint density at radius 2 is 2.00 bits per heavy atom. The van der Waals surface area contributed by atoms with Gasteiger partial charge in [0.2, 0.25) is 0 Å². The number of ether oxygens (including phenoxy) is 2. The van der Waals surface area contributed by atoms with Crippen LogP contribution in [-0.4, -0.2) is 23.3 Å². The van der Waals surface area contributed by atoms with E-state index >= 15 is 0 Å². The quantitative estimate of drug-likeness (QED) is 0.572. The molecule has 3 unspecified atom stereocenters. The molecule has 2 saturated heterocycles. The van der Waals surface area contributed by atoms with E-state index in [0.717, 1.165) is 0 Å². The number of carbonyl (C=O) groups excluding carboxylic acids is 1. The van der Waals surface area contributed by atoms with Crippen LogP contribution in [0.2, 0.25) is 0 Å². The van der Waals surface area contributed by atoms with Gasteiger partial charge in [-0.15, -0.1) is 0 Å². The summed E-state index contributed by atoms with van der Waals surface area (Å²) in [6, 6.07) is 0. The van der Waals surface area contributed by atoms with Gasteiger partial charge in [0, 0.05) is 12.3 Å². The maximum atomic E-state index is 11.6. The van der Waals surface area contributed by atoms with Crippen LogP contribution in [0.4, 0.5) is 0 Å². The summed E-state index contributed by atoms with van der Waals surface area (Å²) >= 11 is 0. The number of rotatable bonds is 0. The first kappa shape index (κ1) is 9.16. The molecule has 2 rings (SSSR count). The van der Waals surface area contributed by atoms with Crippen molar-refractivity contribution in [2.75, 3.05) is 0 Å². The number of fused-ring (bicyclic) bond motifs is 2. The molecular formula is C10H16O3. The molecule has 0 aromatic carbocycles. The fourth-order valence-electron chi connectivity index (χ4n) is 2.24. The van der Waals surface area contributed by atoms with Crippen LogP contribution >= 0.6 is 0 Å². The highest BCUT2D eigenvalue weighted by atomic mass is 16.8. The largest absolute Gasteiger partial charge is 0.341 e. The first-order valence-corrected chi connectivity index (χ1v) is 4.76. The van der Waals surface area contributed by atoms with E-state index in [1.165, 1.54) is 0 Å². The zero-order valence-electron chi connectivity index (χ0n) is 8.59. The molecule has 3 atom stereocenters. The molecule has 0 N–H and O–H groups in total. The van der Waals surface area contributed by atoms with Crippen molar-refractivity contribution < 1.29 is 14.3 Å². The molecule has 3 heteroatoms. The standard InChI is InChI=1S/C10H16O3/c1-6-5-7(11)8-9(2,3)13-10(6,4)12-8/h6,8H,5H2,1-4H3. The Labute approximate surface area is 78.4 Å². The van der Waals surface area contributed by atoms with Gasteiger partial charge in [0.1, 0.15) is 6.10 Å². The van der Waals surface area contributed by atoms with Gasteiger partial charge >= 0.3 is 0 Å². The Balaban J connectivity index is 2.37. The van der Waals surface area contributed by atoms with E-state index in [2.05, 4.69) is 0 Å². The second kappa shape index (κ2) is 2.34. The van der Waals surface area contributed by atoms with Crippen molar-refractivity contribution in [1.82, 2.24) is 0 Å². The van der Waals surface area contributed by atoms with E-state index in [1.54, 1.807) is 0 Å². The first-order valence-electron chi connectivity index (χ1n) is 4.76. The lowest BCUT2D eigenvalue weighted by atomic mass is 9.89. The minimum absolute atomic E-state index is 0.151. The van der Waals surface area contributed by atoms with Gasteiger partial charge in [-0.05, 0) is 20.8 Å². The number of Topliss-reactive ketones (excluding diaryl/α,β-unsaturated/α-hetero) is 1. The van der Waals surface area contributed by atoms with Crippen LogP contribution in [0.5, 0.6) is 0 Å². The molecule has 13 heavy (non-hydrogen) atoms. The van der Waals surface area contributed by atoms with Crippen molar-refractivity contribution in [3.05, 3.63) is 0 Å². The summed E-state index contributed by atoms with van der Waals surface area (Å²) in [6.45, 7) is 7.75. The summed E-state index contributed by atoms with van der Waals surface area (Å²) in [5, 5.41) is 0. The molecule has 0 amide bonds. The Morgan fingerprint density at radius 1 is 1.38 bits per heavy atom. The summed E-state index contributed by atoms with van der Waals surface area (Å²) in [5.41, 5.74) is -0.462. The monoisotopic (exact) mass is 184 g/mol. The van der Waals surface area contributed by atoms with Gasteiger partial charge < -0.3 is 9.47 Å². The van der Waals surface area contributed by atoms with Crippen molar-refractivity contribution >= 4 is 5.78 Å². The van der Waals surface area contributed by atoms with Crippen LogP contribution in [0.1, 0.15) is 34.1 Å². The van der Waals surface area contributed by atoms with Gasteiger partial charge in [0.25, 0.3) is 0 Å². The van der Waals surface area contributed by atoms with Crippen LogP contribution in [0.25, 0.3) is 0 Å². The Bertz CT molecular complexity index is 259. The normalized spacial score (nSPS) is 48.2. The van der Waals surface area contributed by atoms with Crippen LogP contribution in [0.3, 0.4) is 0 Å². The van der Waals surface area contributed by atoms with Crippen molar-refractivity contribution in [2.24, 2.45) is 5.92 Å². The van der Waals surface area contributed by atoms with E-state index in [4.69, 9.17) is 9.47 Å². The third-order valence-corrected chi connectivity index (χ3v) is 3.14. The Hall–Kier alpha value is -0.410. The maximum Gasteiger partial charge on any atom is 0.170 e. The molecular weight excluding hydrogens is 168 g/mol. The zero-order chi connectivity index (χ0) is 9.85. The van der Waals surface area contributed by atoms with Gasteiger partial charge in [0.05, 0.1) is 5.60 Å². The molecule has 0 aromatic rings. The third kappa shape index (κ3) is 1.14. The Kier molecular flexibility index (Phi) is 1.65. The van der Waals surface area contributed by atoms with Gasteiger partial charge in [-0.25, -0.2) is 0 Å². The van der Waals surface area contributed by atoms with Crippen LogP contribution in [0.15, 0.2) is 0 Å². The lowest BCUT2D eigenvalue weighted by molar-refractivity contribution is -0.214. The summed E-state index contributed by atoms with van der Waals surface area (Å²) in [7, 11) is 0. The number of ketones is 1. The molecule has 0 spiro atoms. The van der Waals surface area contributed by atoms with Crippen molar-refractivity contribution in [1.29, 1.82) is 0 Å². The number of hydrogen-bond donors (Lipinski definition) is 0. The highest BCUT2D eigenvalue weighted by molar-refractivity contribution is 5.85. The van der Waals surface area contributed by atoms with Crippen molar-refractivity contribution in [2.45, 2.75) is 51.6 Å². The Morgan fingerprint density at radius 3 is 2.62 bits per heavy atom. The van der Waals surface area contributed by atoms with Crippen molar-refractivity contribution in [3.8, 4) is 0 Å². The molecule has 0 radical (unpaired) electrons. The summed E-state index contributed by atoms with van der Waals surface area (Å²) < 4.78 is 11.5. The minimum atomic E-state index is -0.553. The van der Waals surface area contributed by atoms with Gasteiger partial charge in [-0.1, -0.05) is 6.92 Å². The van der Waals surface area contributed by atoms with Crippen molar-refractivity contribution in [3.63, 3.8) is 0 Å². The fourth-order valence-corrected chi connectivity index (χ4v) is 2.24. The second-order valence-electron chi connectivity index (χ2n) is 4.79. The third-order valence-electron chi connectivity index (χ3n) is 3.14. The summed E-state index contributed by atoms with van der Waals surface area (Å²) in [5.74, 6) is -0.229. The van der Waals surface area contributed by atoms with Crippen LogP contribution in [0, 0.1) is 5.92 Å². The first-order chi connectivity index (χ1) is 5.85. The topological polar surface area (TPSA) is 35.5 Å². The SMILES string of the molecule is CC1CC(=O)C2OC1(C)OC2(C)C. The van der Waals surface area contributed by atoms with E-state index in [0.29, 0.717) is 6.42 Å². The predicted octanol–water partition coefficient (Wildman–Crippen LogP) is 1.51. The maximum absolute atomic E-state index is 11.6. The second-order valence-corrected chi connectivity index (χ2v) is 4.79. The molecule has 2 fully saturated rings. The molecule has 0 saturated carbocycles. The number of carbonyl (C=O) groups is 1. The van der Waals surface area contributed by atoms with E-state index in [1.807, 2.05) is 27.7 Å². The lowest BCUT2D eigenvalue weighted by Crippen LogP contribution is -2.44. The summed E-state index contributed by atoms with van der Waals surface area (Å²) in [6.07, 6.45) is 0.207. The average Bonchev–Trinajstić information content (AvgIpc) is 2.17. The van der Waals surface area contributed by atoms with Crippen LogP contribution in [-0.2, 0) is 14.3 Å². The van der Waals surface area contributed by atoms with Gasteiger partial charge in [0.15, 0.2) is 11.6 Å². The summed E-state index contributed by atoms with van der Waals surface area (Å²) in [4.78, 5) is 11.6. The highest BCUT2D eigenvalue weighted by Gasteiger charge is 2.58. The van der Waals surface area contributed by atoms with Gasteiger partial charge in [-0.2, -0.15) is 0 Å². The molecule has 2 aliphatic rings. The van der Waals surface area contributed by atoms with Gasteiger partial charge in [-0.3, -0.25) is 4.79 Å². The van der Waals surface area contributed by atoms with Crippen LogP contribution < -0.4 is 0 Å². The van der Waals surface area contributed by atoms with E-state index in [-0.39, 0.29) is 17.8 Å². The lowest BCUT2D eigenvalue weighted by Gasteiger charge is -2.32. The molecule has 0 aromatic heterocycles. The fraction of sp³-hybridized carbons (Fsp3) is 0.900. The molecule has 2 bridgehead atoms. The predicted molar refractivity (Wildman–Crippen MR) is 47.2 cm³/mol. The van der Waals surface area contributed by atoms with E-state index in [9.17, 15) is 4.79 Å².